The molecule has 1 fully saturated rings. The molecule has 0 aliphatic carbocycles. The van der Waals surface area contributed by atoms with Gasteiger partial charge < -0.3 is 16.0 Å². The standard InChI is InChI=1S/C22H18F4N4O/c23-14-2-1-3-15(24)19(14)20-16(25)5-4-13(21(20)26)22(31)30-18-11-28-9-7-17(18)29-12-6-8-27-10-12/h1-5,7,9,11-12,27H,6,8,10H2,(H,28,29)(H,30,31)/t12-/m1/s1. The summed E-state index contributed by atoms with van der Waals surface area (Å²) >= 11 is 0. The first-order valence-corrected chi connectivity index (χ1v) is 9.60. The van der Waals surface area contributed by atoms with Crippen molar-refractivity contribution in [2.75, 3.05) is 23.7 Å². The van der Waals surface area contributed by atoms with Crippen molar-refractivity contribution in [3.63, 3.8) is 0 Å². The monoisotopic (exact) mass is 430 g/mol. The molecule has 1 atom stereocenters. The predicted molar refractivity (Wildman–Crippen MR) is 109 cm³/mol. The summed E-state index contributed by atoms with van der Waals surface area (Å²) in [5, 5.41) is 9.02. The minimum absolute atomic E-state index is 0.149. The molecule has 1 aromatic heterocycles. The fourth-order valence-electron chi connectivity index (χ4n) is 3.50. The zero-order chi connectivity index (χ0) is 22.0. The maximum Gasteiger partial charge on any atom is 0.258 e. The van der Waals surface area contributed by atoms with Gasteiger partial charge in [0, 0.05) is 18.8 Å². The van der Waals surface area contributed by atoms with Gasteiger partial charge in [0.15, 0.2) is 0 Å². The molecule has 160 valence electrons. The Morgan fingerprint density at radius 1 is 0.968 bits per heavy atom. The van der Waals surface area contributed by atoms with Crippen molar-refractivity contribution in [1.29, 1.82) is 0 Å². The third-order valence-electron chi connectivity index (χ3n) is 5.04. The van der Waals surface area contributed by atoms with E-state index in [-0.39, 0.29) is 6.04 Å². The number of nitrogens with one attached hydrogen (secondary N) is 3. The van der Waals surface area contributed by atoms with E-state index < -0.39 is 45.9 Å². The largest absolute Gasteiger partial charge is 0.379 e. The molecule has 1 aliphatic rings. The fraction of sp³-hybridized carbons (Fsp3) is 0.182. The molecule has 0 bridgehead atoms. The van der Waals surface area contributed by atoms with Crippen molar-refractivity contribution < 1.29 is 22.4 Å². The number of halogens is 4. The molecule has 1 aliphatic heterocycles. The van der Waals surface area contributed by atoms with Crippen molar-refractivity contribution >= 4 is 17.3 Å². The molecule has 9 heteroatoms. The maximum absolute atomic E-state index is 15.1. The van der Waals surface area contributed by atoms with Gasteiger partial charge in [-0.1, -0.05) is 6.07 Å². The predicted octanol–water partition coefficient (Wildman–Crippen LogP) is 4.33. The Kier molecular flexibility index (Phi) is 5.85. The van der Waals surface area contributed by atoms with Crippen LogP contribution >= 0.6 is 0 Å². The van der Waals surface area contributed by atoms with E-state index in [0.29, 0.717) is 11.4 Å². The van der Waals surface area contributed by atoms with Gasteiger partial charge in [0.25, 0.3) is 5.91 Å². The average Bonchev–Trinajstić information content (AvgIpc) is 3.24. The topological polar surface area (TPSA) is 66.0 Å². The third kappa shape index (κ3) is 4.22. The zero-order valence-electron chi connectivity index (χ0n) is 16.2. The van der Waals surface area contributed by atoms with E-state index in [1.165, 1.54) is 12.4 Å². The van der Waals surface area contributed by atoms with Crippen LogP contribution in [0.2, 0.25) is 0 Å². The highest BCUT2D eigenvalue weighted by molar-refractivity contribution is 6.06. The molecule has 3 N–H and O–H groups in total. The molecule has 2 aromatic carbocycles. The SMILES string of the molecule is O=C(Nc1cnccc1N[C@@H]1CCNC1)c1ccc(F)c(-c2c(F)cccc2F)c1F. The number of amides is 1. The molecule has 5 nitrogen and oxygen atoms in total. The van der Waals surface area contributed by atoms with E-state index >= 15 is 4.39 Å². The summed E-state index contributed by atoms with van der Waals surface area (Å²) in [4.78, 5) is 16.7. The second-order valence-electron chi connectivity index (χ2n) is 7.09. The van der Waals surface area contributed by atoms with Crippen molar-refractivity contribution in [2.24, 2.45) is 0 Å². The van der Waals surface area contributed by atoms with Gasteiger partial charge in [0.2, 0.25) is 0 Å². The van der Waals surface area contributed by atoms with Crippen molar-refractivity contribution in [1.82, 2.24) is 10.3 Å². The van der Waals surface area contributed by atoms with E-state index in [9.17, 15) is 18.0 Å². The maximum atomic E-state index is 15.1. The molecule has 4 rings (SSSR count). The van der Waals surface area contributed by atoms with Crippen LogP contribution in [0, 0.1) is 23.3 Å². The summed E-state index contributed by atoms with van der Waals surface area (Å²) in [6.45, 7) is 1.61. The van der Waals surface area contributed by atoms with Gasteiger partial charge in [-0.2, -0.15) is 0 Å². The zero-order valence-corrected chi connectivity index (χ0v) is 16.2. The molecule has 0 radical (unpaired) electrons. The van der Waals surface area contributed by atoms with Crippen LogP contribution in [-0.2, 0) is 0 Å². The molecule has 2 heterocycles. The lowest BCUT2D eigenvalue weighted by molar-refractivity contribution is 0.102. The van der Waals surface area contributed by atoms with Crippen LogP contribution in [0.4, 0.5) is 28.9 Å². The first-order chi connectivity index (χ1) is 15.0. The van der Waals surface area contributed by atoms with Crippen LogP contribution in [0.25, 0.3) is 11.1 Å². The Morgan fingerprint density at radius 3 is 2.42 bits per heavy atom. The summed E-state index contributed by atoms with van der Waals surface area (Å²) in [5.41, 5.74) is -1.49. The lowest BCUT2D eigenvalue weighted by Crippen LogP contribution is -2.23. The van der Waals surface area contributed by atoms with E-state index in [2.05, 4.69) is 20.9 Å². The molecule has 0 unspecified atom stereocenters. The Morgan fingerprint density at radius 2 is 1.71 bits per heavy atom. The number of nitrogens with zero attached hydrogens (tertiary/aromatic N) is 1. The first kappa shape index (κ1) is 20.8. The number of hydrogen-bond donors (Lipinski definition) is 3. The van der Waals surface area contributed by atoms with E-state index in [0.717, 1.165) is 49.8 Å². The summed E-state index contributed by atoms with van der Waals surface area (Å²) in [5.74, 6) is -5.73. The Balaban J connectivity index is 1.66. The summed E-state index contributed by atoms with van der Waals surface area (Å²) in [6, 6.07) is 6.38. The Bertz CT molecular complexity index is 1110. The third-order valence-corrected chi connectivity index (χ3v) is 5.04. The van der Waals surface area contributed by atoms with Crippen LogP contribution in [0.1, 0.15) is 16.8 Å². The van der Waals surface area contributed by atoms with Gasteiger partial charge in [-0.15, -0.1) is 0 Å². The molecule has 1 saturated heterocycles. The van der Waals surface area contributed by atoms with Crippen LogP contribution in [-0.4, -0.2) is 30.0 Å². The second kappa shape index (κ2) is 8.73. The van der Waals surface area contributed by atoms with Crippen LogP contribution < -0.4 is 16.0 Å². The highest BCUT2D eigenvalue weighted by atomic mass is 19.1. The van der Waals surface area contributed by atoms with Gasteiger partial charge in [0.05, 0.1) is 34.3 Å². The van der Waals surface area contributed by atoms with Gasteiger partial charge in [-0.05, 0) is 43.3 Å². The lowest BCUT2D eigenvalue weighted by Gasteiger charge is -2.17. The van der Waals surface area contributed by atoms with Crippen LogP contribution in [0.3, 0.4) is 0 Å². The number of anilines is 2. The molecule has 0 saturated carbocycles. The van der Waals surface area contributed by atoms with E-state index in [1.54, 1.807) is 6.07 Å². The van der Waals surface area contributed by atoms with E-state index in [4.69, 9.17) is 0 Å². The van der Waals surface area contributed by atoms with Crippen molar-refractivity contribution in [3.8, 4) is 11.1 Å². The molecule has 0 spiro atoms. The number of benzene rings is 2. The molecular weight excluding hydrogens is 412 g/mol. The number of aromatic nitrogens is 1. The second-order valence-corrected chi connectivity index (χ2v) is 7.09. The van der Waals surface area contributed by atoms with E-state index in [1.807, 2.05) is 0 Å². The quantitative estimate of drug-likeness (QED) is 0.527. The molecular formula is C22H18F4N4O. The molecule has 3 aromatic rings. The molecule has 1 amide bonds. The smallest absolute Gasteiger partial charge is 0.258 e. The fourth-order valence-corrected chi connectivity index (χ4v) is 3.50. The summed E-state index contributed by atoms with van der Waals surface area (Å²) in [7, 11) is 0. The summed E-state index contributed by atoms with van der Waals surface area (Å²) < 4.78 is 57.7. The minimum Gasteiger partial charge on any atom is -0.379 e. The number of carbonyl (C=O) groups excluding carboxylic acids is 1. The first-order valence-electron chi connectivity index (χ1n) is 9.60. The number of rotatable bonds is 5. The van der Waals surface area contributed by atoms with Gasteiger partial charge in [0.1, 0.15) is 23.3 Å². The van der Waals surface area contributed by atoms with Crippen molar-refractivity contribution in [3.05, 3.63) is 77.6 Å². The molecule has 31 heavy (non-hydrogen) atoms. The Labute approximate surface area is 175 Å². The minimum atomic E-state index is -1.36. The van der Waals surface area contributed by atoms with Crippen LogP contribution in [0.15, 0.2) is 48.8 Å². The van der Waals surface area contributed by atoms with Gasteiger partial charge >= 0.3 is 0 Å². The Hall–Kier alpha value is -3.46. The van der Waals surface area contributed by atoms with Gasteiger partial charge in [-0.3, -0.25) is 9.78 Å². The number of carbonyl (C=O) groups is 1. The average molecular weight is 430 g/mol. The highest BCUT2D eigenvalue weighted by Gasteiger charge is 2.25. The highest BCUT2D eigenvalue weighted by Crippen LogP contribution is 2.33. The summed E-state index contributed by atoms with van der Waals surface area (Å²) in [6.07, 6.45) is 3.82. The van der Waals surface area contributed by atoms with Gasteiger partial charge in [-0.25, -0.2) is 17.6 Å². The lowest BCUT2D eigenvalue weighted by atomic mass is 9.99. The normalized spacial score (nSPS) is 15.7. The number of pyridine rings is 1. The number of hydrogen-bond acceptors (Lipinski definition) is 4. The van der Waals surface area contributed by atoms with Crippen molar-refractivity contribution in [2.45, 2.75) is 12.5 Å². The van der Waals surface area contributed by atoms with Crippen LogP contribution in [0.5, 0.6) is 0 Å².